The second-order valence-corrected chi connectivity index (χ2v) is 6.15. The molecule has 1 saturated heterocycles. The van der Waals surface area contributed by atoms with E-state index in [1.165, 1.54) is 25.9 Å². The van der Waals surface area contributed by atoms with Crippen molar-refractivity contribution in [2.24, 2.45) is 5.92 Å². The van der Waals surface area contributed by atoms with Crippen LogP contribution >= 0.6 is 0 Å². The monoisotopic (exact) mass is 277 g/mol. The molecular weight excluding hydrogens is 250 g/mol. The zero-order chi connectivity index (χ0) is 14.5. The van der Waals surface area contributed by atoms with Gasteiger partial charge in [-0.05, 0) is 63.6 Å². The Morgan fingerprint density at radius 1 is 1.40 bits per heavy atom. The Kier molecular flexibility index (Phi) is 5.40. The average molecular weight is 277 g/mol. The molecule has 1 aliphatic heterocycles. The minimum Gasteiger partial charge on any atom is -0.399 e. The number of rotatable bonds is 5. The van der Waals surface area contributed by atoms with Crippen molar-refractivity contribution in [1.82, 2.24) is 9.80 Å². The van der Waals surface area contributed by atoms with Crippen LogP contribution in [-0.4, -0.2) is 55.2 Å². The lowest BCUT2D eigenvalue weighted by Crippen LogP contribution is -2.37. The van der Waals surface area contributed by atoms with E-state index < -0.39 is 6.10 Å². The lowest BCUT2D eigenvalue weighted by atomic mass is 9.96. The van der Waals surface area contributed by atoms with Gasteiger partial charge in [0.05, 0.1) is 6.10 Å². The van der Waals surface area contributed by atoms with E-state index in [0.717, 1.165) is 18.0 Å². The van der Waals surface area contributed by atoms with Gasteiger partial charge in [-0.1, -0.05) is 12.1 Å². The summed E-state index contributed by atoms with van der Waals surface area (Å²) < 4.78 is 0. The summed E-state index contributed by atoms with van der Waals surface area (Å²) in [6.07, 6.45) is 2.06. The maximum Gasteiger partial charge on any atom is 0.0917 e. The van der Waals surface area contributed by atoms with E-state index >= 15 is 0 Å². The van der Waals surface area contributed by atoms with E-state index in [-0.39, 0.29) is 0 Å². The fourth-order valence-electron chi connectivity index (χ4n) is 2.93. The van der Waals surface area contributed by atoms with E-state index in [4.69, 9.17) is 5.73 Å². The molecule has 0 amide bonds. The average Bonchev–Trinajstić information content (AvgIpc) is 2.41. The SMILES string of the molecule is CN1CCC(CN(C)CC(O)c2cccc(N)c2)CC1. The number of anilines is 1. The summed E-state index contributed by atoms with van der Waals surface area (Å²) in [7, 11) is 4.28. The van der Waals surface area contributed by atoms with Crippen LogP contribution in [0.15, 0.2) is 24.3 Å². The van der Waals surface area contributed by atoms with Gasteiger partial charge in [0, 0.05) is 18.8 Å². The van der Waals surface area contributed by atoms with Crippen LogP contribution in [0, 0.1) is 5.92 Å². The quantitative estimate of drug-likeness (QED) is 0.802. The first-order chi connectivity index (χ1) is 9.54. The summed E-state index contributed by atoms with van der Waals surface area (Å²) >= 11 is 0. The van der Waals surface area contributed by atoms with Crippen LogP contribution in [0.3, 0.4) is 0 Å². The maximum atomic E-state index is 10.3. The Labute approximate surface area is 122 Å². The highest BCUT2D eigenvalue weighted by Crippen LogP contribution is 2.20. The second-order valence-electron chi connectivity index (χ2n) is 6.15. The molecule has 1 unspecified atom stereocenters. The molecule has 0 aromatic heterocycles. The Morgan fingerprint density at radius 3 is 2.75 bits per heavy atom. The minimum absolute atomic E-state index is 0.463. The van der Waals surface area contributed by atoms with Crippen molar-refractivity contribution in [3.05, 3.63) is 29.8 Å². The Morgan fingerprint density at radius 2 is 2.10 bits per heavy atom. The molecule has 1 atom stereocenters. The predicted molar refractivity (Wildman–Crippen MR) is 83.5 cm³/mol. The summed E-state index contributed by atoms with van der Waals surface area (Å²) in [6.45, 7) is 4.11. The molecule has 2 rings (SSSR count). The molecule has 1 heterocycles. The highest BCUT2D eigenvalue weighted by molar-refractivity contribution is 5.41. The Balaban J connectivity index is 1.80. The summed E-state index contributed by atoms with van der Waals surface area (Å²) in [5.74, 6) is 0.754. The summed E-state index contributed by atoms with van der Waals surface area (Å²) in [6, 6.07) is 7.53. The summed E-state index contributed by atoms with van der Waals surface area (Å²) in [5.41, 5.74) is 7.37. The molecule has 4 nitrogen and oxygen atoms in total. The zero-order valence-electron chi connectivity index (χ0n) is 12.6. The number of likely N-dealkylation sites (N-methyl/N-ethyl adjacent to an activating group) is 1. The fourth-order valence-corrected chi connectivity index (χ4v) is 2.93. The van der Waals surface area contributed by atoms with Crippen molar-refractivity contribution in [3.8, 4) is 0 Å². The fraction of sp³-hybridized carbons (Fsp3) is 0.625. The normalized spacial score (nSPS) is 19.4. The number of nitrogens with two attached hydrogens (primary N) is 1. The predicted octanol–water partition coefficient (Wildman–Crippen LogP) is 1.58. The number of aliphatic hydroxyl groups excluding tert-OH is 1. The van der Waals surface area contributed by atoms with Gasteiger partial charge in [-0.25, -0.2) is 0 Å². The van der Waals surface area contributed by atoms with Crippen molar-refractivity contribution in [2.75, 3.05) is 46.0 Å². The van der Waals surface area contributed by atoms with Gasteiger partial charge in [0.1, 0.15) is 0 Å². The largest absolute Gasteiger partial charge is 0.399 e. The van der Waals surface area contributed by atoms with Crippen LogP contribution in [0.4, 0.5) is 5.69 Å². The smallest absolute Gasteiger partial charge is 0.0917 e. The van der Waals surface area contributed by atoms with Gasteiger partial charge in [-0.3, -0.25) is 0 Å². The lowest BCUT2D eigenvalue weighted by molar-refractivity contribution is 0.106. The van der Waals surface area contributed by atoms with Gasteiger partial charge in [-0.2, -0.15) is 0 Å². The minimum atomic E-state index is -0.463. The van der Waals surface area contributed by atoms with Gasteiger partial charge < -0.3 is 20.6 Å². The highest BCUT2D eigenvalue weighted by Gasteiger charge is 2.19. The van der Waals surface area contributed by atoms with E-state index in [0.29, 0.717) is 12.2 Å². The maximum absolute atomic E-state index is 10.3. The second kappa shape index (κ2) is 7.07. The number of piperidine rings is 1. The molecule has 0 bridgehead atoms. The molecule has 4 heteroatoms. The first-order valence-electron chi connectivity index (χ1n) is 7.45. The van der Waals surface area contributed by atoms with Crippen molar-refractivity contribution in [2.45, 2.75) is 18.9 Å². The van der Waals surface area contributed by atoms with E-state index in [1.54, 1.807) is 0 Å². The molecule has 1 aromatic rings. The molecule has 3 N–H and O–H groups in total. The number of benzene rings is 1. The van der Waals surface area contributed by atoms with Crippen LogP contribution < -0.4 is 5.73 Å². The van der Waals surface area contributed by atoms with Crippen molar-refractivity contribution < 1.29 is 5.11 Å². The molecule has 0 aliphatic carbocycles. The molecule has 1 aromatic carbocycles. The van der Waals surface area contributed by atoms with E-state index in [2.05, 4.69) is 23.9 Å². The number of hydrogen-bond acceptors (Lipinski definition) is 4. The third kappa shape index (κ3) is 4.47. The van der Waals surface area contributed by atoms with Crippen LogP contribution in [0.1, 0.15) is 24.5 Å². The molecule has 112 valence electrons. The van der Waals surface area contributed by atoms with Gasteiger partial charge in [0.2, 0.25) is 0 Å². The number of hydrogen-bond donors (Lipinski definition) is 2. The van der Waals surface area contributed by atoms with Crippen molar-refractivity contribution in [3.63, 3.8) is 0 Å². The van der Waals surface area contributed by atoms with Crippen molar-refractivity contribution >= 4 is 5.69 Å². The molecule has 0 spiro atoms. The first-order valence-corrected chi connectivity index (χ1v) is 7.45. The number of aliphatic hydroxyl groups is 1. The topological polar surface area (TPSA) is 52.7 Å². The van der Waals surface area contributed by atoms with Gasteiger partial charge >= 0.3 is 0 Å². The number of likely N-dealkylation sites (tertiary alicyclic amines) is 1. The number of nitrogens with zero attached hydrogens (tertiary/aromatic N) is 2. The van der Waals surface area contributed by atoms with Crippen LogP contribution in [0.2, 0.25) is 0 Å². The lowest BCUT2D eigenvalue weighted by Gasteiger charge is -2.32. The zero-order valence-corrected chi connectivity index (χ0v) is 12.6. The third-order valence-electron chi connectivity index (χ3n) is 4.19. The first kappa shape index (κ1) is 15.3. The Hall–Kier alpha value is -1.10. The van der Waals surface area contributed by atoms with Crippen LogP contribution in [-0.2, 0) is 0 Å². The molecular formula is C16H27N3O. The summed E-state index contributed by atoms with van der Waals surface area (Å²) in [5, 5.41) is 10.3. The molecule has 20 heavy (non-hydrogen) atoms. The Bertz CT molecular complexity index is 416. The van der Waals surface area contributed by atoms with Crippen LogP contribution in [0.5, 0.6) is 0 Å². The molecule has 0 saturated carbocycles. The third-order valence-corrected chi connectivity index (χ3v) is 4.19. The van der Waals surface area contributed by atoms with E-state index in [9.17, 15) is 5.11 Å². The standard InChI is InChI=1S/C16H27N3O/c1-18-8-6-13(7-9-18)11-19(2)12-16(20)14-4-3-5-15(17)10-14/h3-5,10,13,16,20H,6-9,11-12,17H2,1-2H3. The van der Waals surface area contributed by atoms with Gasteiger partial charge in [0.25, 0.3) is 0 Å². The van der Waals surface area contributed by atoms with Crippen LogP contribution in [0.25, 0.3) is 0 Å². The van der Waals surface area contributed by atoms with Gasteiger partial charge in [0.15, 0.2) is 0 Å². The van der Waals surface area contributed by atoms with Crippen molar-refractivity contribution in [1.29, 1.82) is 0 Å². The van der Waals surface area contributed by atoms with Gasteiger partial charge in [-0.15, -0.1) is 0 Å². The highest BCUT2D eigenvalue weighted by atomic mass is 16.3. The molecule has 0 radical (unpaired) electrons. The van der Waals surface area contributed by atoms with E-state index in [1.807, 2.05) is 24.3 Å². The summed E-state index contributed by atoms with van der Waals surface area (Å²) in [4.78, 5) is 4.63. The molecule has 1 fully saturated rings. The molecule has 1 aliphatic rings. The number of nitrogen functional groups attached to an aromatic ring is 1.